The lowest BCUT2D eigenvalue weighted by molar-refractivity contribution is -0.152. The Morgan fingerprint density at radius 1 is 1.11 bits per heavy atom. The normalized spacial score (nSPS) is 11.4. The molecular weight excluding hydrogens is 393 g/mol. The van der Waals surface area contributed by atoms with Crippen LogP contribution in [0.5, 0.6) is 5.75 Å². The van der Waals surface area contributed by atoms with Gasteiger partial charge >= 0.3 is 17.9 Å². The molecule has 1 aromatic carbocycles. The molecule has 2 N–H and O–H groups in total. The summed E-state index contributed by atoms with van der Waals surface area (Å²) in [6.07, 6.45) is -1.02. The van der Waals surface area contributed by atoms with Gasteiger partial charge < -0.3 is 24.7 Å². The zero-order valence-corrected chi connectivity index (χ0v) is 16.1. The van der Waals surface area contributed by atoms with Crippen molar-refractivity contribution in [2.45, 2.75) is 19.6 Å². The van der Waals surface area contributed by atoms with Crippen LogP contribution in [0.15, 0.2) is 24.3 Å². The van der Waals surface area contributed by atoms with E-state index in [1.165, 1.54) is 38.3 Å². The zero-order chi connectivity index (χ0) is 20.8. The number of thiophene rings is 1. The number of hydrogen-bond acceptors (Lipinski definition) is 9. The first-order valence-electron chi connectivity index (χ1n) is 7.95. The lowest BCUT2D eigenvalue weighted by Crippen LogP contribution is -2.26. The number of methoxy groups -OCH3 is 2. The number of rotatable bonds is 7. The van der Waals surface area contributed by atoms with Crippen LogP contribution in [0.2, 0.25) is 0 Å². The number of halogens is 1. The van der Waals surface area contributed by atoms with Gasteiger partial charge in [0.25, 0.3) is 0 Å². The fourth-order valence-corrected chi connectivity index (χ4v) is 3.21. The predicted molar refractivity (Wildman–Crippen MR) is 97.7 cm³/mol. The van der Waals surface area contributed by atoms with E-state index in [0.717, 1.165) is 18.4 Å². The topological polar surface area (TPSA) is 114 Å². The van der Waals surface area contributed by atoms with Crippen LogP contribution in [-0.2, 0) is 25.6 Å². The maximum absolute atomic E-state index is 12.9. The van der Waals surface area contributed by atoms with Crippen LogP contribution in [-0.4, -0.2) is 38.2 Å². The Bertz CT molecular complexity index is 879. The molecule has 0 bridgehead atoms. The van der Waals surface area contributed by atoms with E-state index in [4.69, 9.17) is 15.2 Å². The summed E-state index contributed by atoms with van der Waals surface area (Å²) in [6, 6.07) is 5.10. The van der Waals surface area contributed by atoms with Crippen LogP contribution in [0, 0.1) is 5.82 Å². The number of esters is 3. The van der Waals surface area contributed by atoms with Gasteiger partial charge in [0.15, 0.2) is 6.10 Å². The van der Waals surface area contributed by atoms with E-state index in [1.807, 2.05) is 0 Å². The van der Waals surface area contributed by atoms with Gasteiger partial charge in [0.05, 0.1) is 14.2 Å². The maximum Gasteiger partial charge on any atom is 0.348 e. The third kappa shape index (κ3) is 4.77. The van der Waals surface area contributed by atoms with Gasteiger partial charge in [0.2, 0.25) is 0 Å². The van der Waals surface area contributed by atoms with E-state index < -0.39 is 36.4 Å². The first-order chi connectivity index (χ1) is 13.3. The van der Waals surface area contributed by atoms with Gasteiger partial charge in [-0.1, -0.05) is 0 Å². The van der Waals surface area contributed by atoms with Crippen molar-refractivity contribution in [3.05, 3.63) is 46.1 Å². The monoisotopic (exact) mass is 411 g/mol. The molecule has 0 spiro atoms. The molecule has 0 aliphatic heterocycles. The summed E-state index contributed by atoms with van der Waals surface area (Å²) >= 11 is 0.826. The Morgan fingerprint density at radius 2 is 1.71 bits per heavy atom. The highest BCUT2D eigenvalue weighted by Gasteiger charge is 2.28. The molecule has 0 aliphatic rings. The van der Waals surface area contributed by atoms with E-state index in [9.17, 15) is 18.8 Å². The maximum atomic E-state index is 12.9. The van der Waals surface area contributed by atoms with Crippen molar-refractivity contribution < 1.29 is 37.7 Å². The van der Waals surface area contributed by atoms with Gasteiger partial charge in [-0.15, -0.1) is 11.3 Å². The van der Waals surface area contributed by atoms with E-state index in [1.54, 1.807) is 0 Å². The fraction of sp³-hybridized carbons (Fsp3) is 0.278. The number of ether oxygens (including phenoxy) is 4. The molecular formula is C18H18FNO7S. The summed E-state index contributed by atoms with van der Waals surface area (Å²) in [5.74, 6) is -2.43. The van der Waals surface area contributed by atoms with Crippen LogP contribution in [0.3, 0.4) is 0 Å². The highest BCUT2D eigenvalue weighted by molar-refractivity contribution is 7.18. The number of nitrogen functional groups attached to an aromatic ring is 1. The number of carbonyl (C=O) groups excluding carboxylic acids is 3. The molecule has 1 atom stereocenters. The minimum Gasteiger partial charge on any atom is -0.479 e. The molecule has 1 unspecified atom stereocenters. The molecule has 150 valence electrons. The van der Waals surface area contributed by atoms with Gasteiger partial charge in [0, 0.05) is 5.56 Å². The number of benzene rings is 1. The smallest absolute Gasteiger partial charge is 0.348 e. The lowest BCUT2D eigenvalue weighted by atomic mass is 10.1. The molecule has 8 nitrogen and oxygen atoms in total. The van der Waals surface area contributed by atoms with E-state index in [2.05, 4.69) is 9.47 Å². The van der Waals surface area contributed by atoms with Crippen molar-refractivity contribution in [2.24, 2.45) is 0 Å². The van der Waals surface area contributed by atoms with Crippen LogP contribution in [0.4, 0.5) is 9.39 Å². The first kappa shape index (κ1) is 21.2. The number of carbonyl (C=O) groups is 3. The summed E-state index contributed by atoms with van der Waals surface area (Å²) in [4.78, 5) is 36.2. The molecule has 0 amide bonds. The Balaban J connectivity index is 2.15. The standard InChI is InChI=1S/C18H18FNO7S/c1-9(27-11-6-4-10(19)5-7-11)16(21)26-8-12-13(17(22)24-2)15(20)28-14(12)18(23)25-3/h4-7,9H,8,20H2,1-3H3. The molecule has 0 fully saturated rings. The van der Waals surface area contributed by atoms with Gasteiger partial charge in [-0.2, -0.15) is 0 Å². The minimum absolute atomic E-state index is 0.0281. The number of anilines is 1. The molecule has 1 heterocycles. The number of hydrogen-bond donors (Lipinski definition) is 1. The van der Waals surface area contributed by atoms with Gasteiger partial charge in [-0.25, -0.2) is 18.8 Å². The SMILES string of the molecule is COC(=O)c1sc(N)c(C(=O)OC)c1COC(=O)C(C)Oc1ccc(F)cc1. The van der Waals surface area contributed by atoms with Crippen molar-refractivity contribution in [1.82, 2.24) is 0 Å². The van der Waals surface area contributed by atoms with Crippen LogP contribution >= 0.6 is 11.3 Å². The van der Waals surface area contributed by atoms with Gasteiger partial charge in [-0.3, -0.25) is 0 Å². The van der Waals surface area contributed by atoms with E-state index in [-0.39, 0.29) is 26.8 Å². The van der Waals surface area contributed by atoms with E-state index >= 15 is 0 Å². The Labute approximate surface area is 163 Å². The van der Waals surface area contributed by atoms with Gasteiger partial charge in [-0.05, 0) is 31.2 Å². The second-order valence-corrected chi connectivity index (χ2v) is 6.51. The zero-order valence-electron chi connectivity index (χ0n) is 15.3. The van der Waals surface area contributed by atoms with Crippen molar-refractivity contribution in [3.8, 4) is 5.75 Å². The molecule has 0 saturated carbocycles. The second kappa shape index (κ2) is 9.18. The van der Waals surface area contributed by atoms with Crippen LogP contribution in [0.1, 0.15) is 32.5 Å². The van der Waals surface area contributed by atoms with Crippen LogP contribution < -0.4 is 10.5 Å². The fourth-order valence-electron chi connectivity index (χ4n) is 2.23. The Morgan fingerprint density at radius 3 is 2.29 bits per heavy atom. The molecule has 2 rings (SSSR count). The summed E-state index contributed by atoms with van der Waals surface area (Å²) < 4.78 is 32.8. The molecule has 10 heteroatoms. The predicted octanol–water partition coefficient (Wildman–Crippen LogP) is 2.55. The van der Waals surface area contributed by atoms with E-state index in [0.29, 0.717) is 0 Å². The summed E-state index contributed by atoms with van der Waals surface area (Å²) in [5.41, 5.74) is 5.83. The van der Waals surface area contributed by atoms with Crippen molar-refractivity contribution in [3.63, 3.8) is 0 Å². The molecule has 1 aromatic heterocycles. The molecule has 0 saturated heterocycles. The quantitative estimate of drug-likeness (QED) is 0.546. The second-order valence-electron chi connectivity index (χ2n) is 5.45. The lowest BCUT2D eigenvalue weighted by Gasteiger charge is -2.14. The third-order valence-corrected chi connectivity index (χ3v) is 4.65. The molecule has 2 aromatic rings. The summed E-state index contributed by atoms with van der Waals surface area (Å²) in [5, 5.41) is 0.0360. The average Bonchev–Trinajstić information content (AvgIpc) is 3.02. The molecule has 0 radical (unpaired) electrons. The number of nitrogens with two attached hydrogens (primary N) is 1. The Hall–Kier alpha value is -3.14. The summed E-state index contributed by atoms with van der Waals surface area (Å²) in [6.45, 7) is 1.02. The Kier molecular flexibility index (Phi) is 6.94. The molecule has 28 heavy (non-hydrogen) atoms. The average molecular weight is 411 g/mol. The highest BCUT2D eigenvalue weighted by Crippen LogP contribution is 2.33. The third-order valence-electron chi connectivity index (χ3n) is 3.61. The largest absolute Gasteiger partial charge is 0.479 e. The van der Waals surface area contributed by atoms with Crippen LogP contribution in [0.25, 0.3) is 0 Å². The minimum atomic E-state index is -1.02. The van der Waals surface area contributed by atoms with Crippen molar-refractivity contribution in [1.29, 1.82) is 0 Å². The highest BCUT2D eigenvalue weighted by atomic mass is 32.1. The molecule has 0 aliphatic carbocycles. The van der Waals surface area contributed by atoms with Crippen molar-refractivity contribution in [2.75, 3.05) is 20.0 Å². The summed E-state index contributed by atoms with van der Waals surface area (Å²) in [7, 11) is 2.33. The van der Waals surface area contributed by atoms with Gasteiger partial charge in [0.1, 0.15) is 33.6 Å². The van der Waals surface area contributed by atoms with Crippen molar-refractivity contribution >= 4 is 34.2 Å². The first-order valence-corrected chi connectivity index (χ1v) is 8.76.